The number of amides is 1. The molecular formula is C18H25NO3. The van der Waals surface area contributed by atoms with Crippen molar-refractivity contribution in [3.63, 3.8) is 0 Å². The molecule has 22 heavy (non-hydrogen) atoms. The van der Waals surface area contributed by atoms with Gasteiger partial charge in [0.2, 0.25) is 5.91 Å². The van der Waals surface area contributed by atoms with E-state index in [-0.39, 0.29) is 23.5 Å². The number of carbonyl (C=O) groups is 1. The molecule has 120 valence electrons. The first-order valence-corrected chi connectivity index (χ1v) is 8.20. The van der Waals surface area contributed by atoms with Crippen molar-refractivity contribution in [3.8, 4) is 5.75 Å². The van der Waals surface area contributed by atoms with E-state index in [9.17, 15) is 4.79 Å². The summed E-state index contributed by atoms with van der Waals surface area (Å²) in [7, 11) is 1.65. The van der Waals surface area contributed by atoms with Crippen LogP contribution < -0.4 is 9.64 Å². The molecule has 2 fully saturated rings. The van der Waals surface area contributed by atoms with Crippen molar-refractivity contribution in [2.24, 2.45) is 5.41 Å². The highest BCUT2D eigenvalue weighted by Gasteiger charge is 2.65. The molecule has 0 bridgehead atoms. The van der Waals surface area contributed by atoms with Crippen molar-refractivity contribution in [2.45, 2.75) is 58.3 Å². The molecule has 1 aromatic rings. The van der Waals surface area contributed by atoms with Crippen LogP contribution in [0.25, 0.3) is 0 Å². The van der Waals surface area contributed by atoms with Crippen molar-refractivity contribution < 1.29 is 14.3 Å². The molecule has 0 aromatic heterocycles. The zero-order chi connectivity index (χ0) is 15.9. The van der Waals surface area contributed by atoms with E-state index in [0.29, 0.717) is 6.10 Å². The largest absolute Gasteiger partial charge is 0.497 e. The minimum atomic E-state index is -0.299. The molecule has 1 aromatic carbocycles. The lowest BCUT2D eigenvalue weighted by Crippen LogP contribution is -2.70. The summed E-state index contributed by atoms with van der Waals surface area (Å²) in [6.45, 7) is 6.34. The summed E-state index contributed by atoms with van der Waals surface area (Å²) in [6.07, 6.45) is 3.54. The zero-order valence-electron chi connectivity index (χ0n) is 13.8. The maximum atomic E-state index is 12.7. The number of anilines is 1. The number of benzene rings is 1. The predicted molar refractivity (Wildman–Crippen MR) is 86.2 cm³/mol. The Bertz CT molecular complexity index is 556. The Labute approximate surface area is 132 Å². The molecule has 2 heterocycles. The molecule has 0 unspecified atom stereocenters. The number of carbonyl (C=O) groups excluding carboxylic acids is 1. The van der Waals surface area contributed by atoms with Gasteiger partial charge in [0.25, 0.3) is 0 Å². The molecular weight excluding hydrogens is 278 g/mol. The van der Waals surface area contributed by atoms with Crippen LogP contribution in [0.2, 0.25) is 0 Å². The number of ether oxygens (including phenoxy) is 2. The molecule has 2 saturated heterocycles. The first-order chi connectivity index (χ1) is 10.6. The Balaban J connectivity index is 1.84. The summed E-state index contributed by atoms with van der Waals surface area (Å²) in [6, 6.07) is 7.86. The molecule has 1 amide bonds. The lowest BCUT2D eigenvalue weighted by molar-refractivity contribution is -0.139. The highest BCUT2D eigenvalue weighted by molar-refractivity contribution is 6.06. The fourth-order valence-electron chi connectivity index (χ4n) is 3.59. The van der Waals surface area contributed by atoms with Gasteiger partial charge in [0.15, 0.2) is 0 Å². The van der Waals surface area contributed by atoms with Crippen molar-refractivity contribution in [1.29, 1.82) is 0 Å². The van der Waals surface area contributed by atoms with E-state index in [0.717, 1.165) is 30.7 Å². The van der Waals surface area contributed by atoms with Crippen LogP contribution in [-0.2, 0) is 9.53 Å². The summed E-state index contributed by atoms with van der Waals surface area (Å²) in [5, 5.41) is 0. The first kappa shape index (κ1) is 15.3. The Kier molecular flexibility index (Phi) is 3.89. The number of hydrogen-bond acceptors (Lipinski definition) is 3. The molecule has 2 aliphatic rings. The highest BCUT2D eigenvalue weighted by Crippen LogP contribution is 2.51. The highest BCUT2D eigenvalue weighted by atomic mass is 16.6. The standard InChI is InChI=1S/C18H25NO3/c1-5-7-14-15(22-14)16-18(3,6-2)17(20)19(16)12-8-10-13(21-4)11-9-12/h8-11,14-16H,5-7H2,1-4H3/t14-,15+,16-,18-/m0/s1. The molecule has 3 rings (SSSR count). The number of nitrogens with zero attached hydrogens (tertiary/aromatic N) is 1. The number of rotatable bonds is 6. The van der Waals surface area contributed by atoms with E-state index in [1.54, 1.807) is 7.11 Å². The molecule has 0 radical (unpaired) electrons. The van der Waals surface area contributed by atoms with Crippen molar-refractivity contribution in [1.82, 2.24) is 0 Å². The smallest absolute Gasteiger partial charge is 0.235 e. The quantitative estimate of drug-likeness (QED) is 0.597. The van der Waals surface area contributed by atoms with Gasteiger partial charge in [-0.2, -0.15) is 0 Å². The third-order valence-corrected chi connectivity index (χ3v) is 5.23. The summed E-state index contributed by atoms with van der Waals surface area (Å²) in [5.41, 5.74) is 0.639. The van der Waals surface area contributed by atoms with Crippen molar-refractivity contribution in [3.05, 3.63) is 24.3 Å². The Hall–Kier alpha value is -1.55. The average Bonchev–Trinajstić information content (AvgIpc) is 3.30. The fourth-order valence-corrected chi connectivity index (χ4v) is 3.59. The van der Waals surface area contributed by atoms with Gasteiger partial charge < -0.3 is 14.4 Å². The van der Waals surface area contributed by atoms with Crippen LogP contribution in [0.3, 0.4) is 0 Å². The number of β-lactam (4-membered cyclic amide) rings is 1. The minimum absolute atomic E-state index is 0.148. The molecule has 4 nitrogen and oxygen atoms in total. The van der Waals surface area contributed by atoms with Crippen molar-refractivity contribution in [2.75, 3.05) is 12.0 Å². The topological polar surface area (TPSA) is 42.1 Å². The maximum Gasteiger partial charge on any atom is 0.235 e. The van der Waals surface area contributed by atoms with Gasteiger partial charge in [0.05, 0.1) is 24.7 Å². The summed E-state index contributed by atoms with van der Waals surface area (Å²) < 4.78 is 11.1. The van der Waals surface area contributed by atoms with Crippen LogP contribution in [0.4, 0.5) is 5.69 Å². The lowest BCUT2D eigenvalue weighted by Gasteiger charge is -2.54. The second-order valence-electron chi connectivity index (χ2n) is 6.52. The van der Waals surface area contributed by atoms with E-state index < -0.39 is 0 Å². The van der Waals surface area contributed by atoms with Crippen LogP contribution in [0.15, 0.2) is 24.3 Å². The van der Waals surface area contributed by atoms with Crippen LogP contribution in [0.1, 0.15) is 40.0 Å². The Morgan fingerprint density at radius 3 is 2.50 bits per heavy atom. The van der Waals surface area contributed by atoms with E-state index in [4.69, 9.17) is 9.47 Å². The molecule has 2 aliphatic heterocycles. The second kappa shape index (κ2) is 5.58. The monoisotopic (exact) mass is 303 g/mol. The lowest BCUT2D eigenvalue weighted by atomic mass is 9.68. The van der Waals surface area contributed by atoms with E-state index in [1.807, 2.05) is 29.2 Å². The Morgan fingerprint density at radius 2 is 1.95 bits per heavy atom. The average molecular weight is 303 g/mol. The van der Waals surface area contributed by atoms with Crippen LogP contribution in [0, 0.1) is 5.41 Å². The maximum absolute atomic E-state index is 12.7. The summed E-state index contributed by atoms with van der Waals surface area (Å²) in [4.78, 5) is 14.6. The summed E-state index contributed by atoms with van der Waals surface area (Å²) in [5.74, 6) is 1.01. The van der Waals surface area contributed by atoms with Gasteiger partial charge in [-0.1, -0.05) is 20.3 Å². The number of epoxide rings is 1. The SMILES string of the molecule is CCC[C@@H]1O[C@H]1[C@@H]1N(c2ccc(OC)cc2)C(=O)[C@@]1(C)CC. The third-order valence-electron chi connectivity index (χ3n) is 5.23. The molecule has 4 atom stereocenters. The molecule has 0 spiro atoms. The van der Waals surface area contributed by atoms with Crippen LogP contribution in [-0.4, -0.2) is 31.3 Å². The zero-order valence-corrected chi connectivity index (χ0v) is 13.8. The van der Waals surface area contributed by atoms with Gasteiger partial charge >= 0.3 is 0 Å². The molecule has 0 saturated carbocycles. The molecule has 0 N–H and O–H groups in total. The molecule has 4 heteroatoms. The predicted octanol–water partition coefficient (Wildman–Crippen LogP) is 3.39. The minimum Gasteiger partial charge on any atom is -0.497 e. The van der Waals surface area contributed by atoms with Gasteiger partial charge in [0.1, 0.15) is 11.9 Å². The second-order valence-corrected chi connectivity index (χ2v) is 6.52. The fraction of sp³-hybridized carbons (Fsp3) is 0.611. The first-order valence-electron chi connectivity index (χ1n) is 8.20. The van der Waals surface area contributed by atoms with Gasteiger partial charge in [0, 0.05) is 5.69 Å². The van der Waals surface area contributed by atoms with Gasteiger partial charge in [-0.05, 0) is 44.0 Å². The number of hydrogen-bond donors (Lipinski definition) is 0. The van der Waals surface area contributed by atoms with Crippen molar-refractivity contribution >= 4 is 11.6 Å². The van der Waals surface area contributed by atoms with Gasteiger partial charge in [-0.3, -0.25) is 4.79 Å². The van der Waals surface area contributed by atoms with Crippen LogP contribution >= 0.6 is 0 Å². The summed E-state index contributed by atoms with van der Waals surface area (Å²) >= 11 is 0. The van der Waals surface area contributed by atoms with Crippen LogP contribution in [0.5, 0.6) is 5.75 Å². The van der Waals surface area contributed by atoms with E-state index in [2.05, 4.69) is 20.8 Å². The van der Waals surface area contributed by atoms with E-state index >= 15 is 0 Å². The normalized spacial score (nSPS) is 33.5. The third kappa shape index (κ3) is 2.21. The Morgan fingerprint density at radius 1 is 1.27 bits per heavy atom. The number of methoxy groups -OCH3 is 1. The van der Waals surface area contributed by atoms with E-state index in [1.165, 1.54) is 0 Å². The molecule has 0 aliphatic carbocycles. The van der Waals surface area contributed by atoms with Gasteiger partial charge in [-0.25, -0.2) is 0 Å². The van der Waals surface area contributed by atoms with Gasteiger partial charge in [-0.15, -0.1) is 0 Å².